The van der Waals surface area contributed by atoms with Crippen molar-refractivity contribution in [3.8, 4) is 11.5 Å². The molecule has 1 unspecified atom stereocenters. The number of hydrogen-bond acceptors (Lipinski definition) is 5. The van der Waals surface area contributed by atoms with Crippen LogP contribution < -0.4 is 15.4 Å². The Labute approximate surface area is 162 Å². The van der Waals surface area contributed by atoms with E-state index in [1.54, 1.807) is 25.1 Å². The van der Waals surface area contributed by atoms with Crippen molar-refractivity contribution in [2.75, 3.05) is 13.7 Å². The third-order valence-electron chi connectivity index (χ3n) is 4.48. The number of fused-ring (bicyclic) bond motifs is 1. The number of benzene rings is 2. The molecule has 1 atom stereocenters. The van der Waals surface area contributed by atoms with E-state index in [1.165, 1.54) is 14.0 Å². The number of hydrogen-bond donors (Lipinski definition) is 3. The second-order valence-electron chi connectivity index (χ2n) is 6.63. The molecule has 0 fully saturated rings. The molecule has 0 radical (unpaired) electrons. The first-order valence-electron chi connectivity index (χ1n) is 8.79. The van der Waals surface area contributed by atoms with Gasteiger partial charge in [0.2, 0.25) is 5.91 Å². The Kier molecular flexibility index (Phi) is 5.37. The van der Waals surface area contributed by atoms with Crippen molar-refractivity contribution in [3.05, 3.63) is 59.9 Å². The maximum absolute atomic E-state index is 12.9. The molecule has 0 bridgehead atoms. The minimum Gasteiger partial charge on any atom is -0.461 e. The Balaban J connectivity index is 1.96. The topological polar surface area (TPSA) is 101 Å². The quantitative estimate of drug-likeness (QED) is 0.609. The van der Waals surface area contributed by atoms with Gasteiger partial charge in [-0.1, -0.05) is 18.2 Å². The molecule has 1 aromatic heterocycles. The molecule has 0 saturated carbocycles. The molecular weight excluding hydrogens is 360 g/mol. The van der Waals surface area contributed by atoms with Crippen LogP contribution in [0.3, 0.4) is 0 Å². The summed E-state index contributed by atoms with van der Waals surface area (Å²) in [6.45, 7) is 2.57. The first kappa shape index (κ1) is 19.4. The molecule has 2 amide bonds. The Morgan fingerprint density at radius 1 is 1.14 bits per heavy atom. The van der Waals surface area contributed by atoms with Crippen molar-refractivity contribution in [2.45, 2.75) is 19.4 Å². The van der Waals surface area contributed by atoms with Gasteiger partial charge in [0.15, 0.2) is 0 Å². The molecule has 0 saturated heterocycles. The monoisotopic (exact) mass is 382 g/mol. The summed E-state index contributed by atoms with van der Waals surface area (Å²) >= 11 is 0. The zero-order chi connectivity index (χ0) is 20.3. The molecule has 0 aliphatic rings. The van der Waals surface area contributed by atoms with E-state index in [4.69, 9.17) is 9.15 Å². The van der Waals surface area contributed by atoms with Gasteiger partial charge in [0.05, 0.1) is 12.2 Å². The van der Waals surface area contributed by atoms with Crippen LogP contribution in [-0.4, -0.2) is 36.1 Å². The number of para-hydroxylation sites is 1. The van der Waals surface area contributed by atoms with Crippen LogP contribution in [0.15, 0.2) is 52.9 Å². The molecule has 28 heavy (non-hydrogen) atoms. The van der Waals surface area contributed by atoms with E-state index in [-0.39, 0.29) is 5.56 Å². The standard InChI is InChI=1S/C21H22N2O5/c1-13-18(19(25)23-21(2,12-24)20(26)22-3)16-11-15(9-10-17(16)27-13)28-14-7-5-4-6-8-14/h4-11,24H,12H2,1-3H3,(H,22,26)(H,23,25). The van der Waals surface area contributed by atoms with E-state index in [0.717, 1.165) is 0 Å². The highest BCUT2D eigenvalue weighted by Gasteiger charge is 2.35. The predicted octanol–water partition coefficient (Wildman–Crippen LogP) is 2.76. The molecule has 7 heteroatoms. The van der Waals surface area contributed by atoms with Crippen LogP contribution in [0.2, 0.25) is 0 Å². The largest absolute Gasteiger partial charge is 0.461 e. The molecule has 3 rings (SSSR count). The van der Waals surface area contributed by atoms with Gasteiger partial charge in [0.1, 0.15) is 28.4 Å². The van der Waals surface area contributed by atoms with Crippen molar-refractivity contribution >= 4 is 22.8 Å². The number of nitrogens with one attached hydrogen (secondary N) is 2. The zero-order valence-electron chi connectivity index (χ0n) is 15.9. The average Bonchev–Trinajstić information content (AvgIpc) is 3.03. The molecule has 2 aromatic carbocycles. The summed E-state index contributed by atoms with van der Waals surface area (Å²) in [6, 6.07) is 14.5. The lowest BCUT2D eigenvalue weighted by molar-refractivity contribution is -0.127. The first-order chi connectivity index (χ1) is 13.4. The minimum absolute atomic E-state index is 0.289. The van der Waals surface area contributed by atoms with E-state index in [9.17, 15) is 14.7 Å². The van der Waals surface area contributed by atoms with Gasteiger partial charge in [-0.05, 0) is 44.2 Å². The van der Waals surface area contributed by atoms with Crippen LogP contribution in [0.5, 0.6) is 11.5 Å². The van der Waals surface area contributed by atoms with Crippen molar-refractivity contribution in [3.63, 3.8) is 0 Å². The third-order valence-corrected chi connectivity index (χ3v) is 4.48. The molecular formula is C21H22N2O5. The van der Waals surface area contributed by atoms with Gasteiger partial charge in [-0.3, -0.25) is 9.59 Å². The highest BCUT2D eigenvalue weighted by molar-refractivity contribution is 6.09. The Bertz CT molecular complexity index is 1010. The van der Waals surface area contributed by atoms with Gasteiger partial charge in [-0.2, -0.15) is 0 Å². The predicted molar refractivity (Wildman–Crippen MR) is 104 cm³/mol. The van der Waals surface area contributed by atoms with Crippen LogP contribution in [0.4, 0.5) is 0 Å². The number of carbonyl (C=O) groups excluding carboxylic acids is 2. The van der Waals surface area contributed by atoms with Crippen molar-refractivity contribution in [1.29, 1.82) is 0 Å². The SMILES string of the molecule is CNC(=O)C(C)(CO)NC(=O)c1c(C)oc2ccc(Oc3ccccc3)cc12. The normalized spacial score (nSPS) is 13.0. The van der Waals surface area contributed by atoms with Crippen LogP contribution in [0.25, 0.3) is 11.0 Å². The number of amides is 2. The number of likely N-dealkylation sites (N-methyl/N-ethyl adjacent to an activating group) is 1. The van der Waals surface area contributed by atoms with Crippen LogP contribution in [0, 0.1) is 6.92 Å². The van der Waals surface area contributed by atoms with Gasteiger partial charge < -0.3 is 24.9 Å². The van der Waals surface area contributed by atoms with Gasteiger partial charge in [-0.15, -0.1) is 0 Å². The fourth-order valence-electron chi connectivity index (χ4n) is 2.93. The molecule has 146 valence electrons. The second kappa shape index (κ2) is 7.74. The third kappa shape index (κ3) is 3.70. The van der Waals surface area contributed by atoms with Crippen molar-refractivity contribution in [2.24, 2.45) is 0 Å². The average molecular weight is 382 g/mol. The van der Waals surface area contributed by atoms with Crippen molar-refractivity contribution in [1.82, 2.24) is 10.6 Å². The lowest BCUT2D eigenvalue weighted by Crippen LogP contribution is -2.58. The number of carbonyl (C=O) groups is 2. The van der Waals surface area contributed by atoms with Gasteiger partial charge in [-0.25, -0.2) is 0 Å². The molecule has 3 aromatic rings. The Hall–Kier alpha value is -3.32. The van der Waals surface area contributed by atoms with E-state index in [2.05, 4.69) is 10.6 Å². The van der Waals surface area contributed by atoms with Gasteiger partial charge >= 0.3 is 0 Å². The second-order valence-corrected chi connectivity index (χ2v) is 6.63. The lowest BCUT2D eigenvalue weighted by atomic mass is 10.0. The number of aryl methyl sites for hydroxylation is 1. The number of ether oxygens (including phenoxy) is 1. The van der Waals surface area contributed by atoms with E-state index in [0.29, 0.717) is 28.2 Å². The summed E-state index contributed by atoms with van der Waals surface area (Å²) in [4.78, 5) is 24.9. The van der Waals surface area contributed by atoms with E-state index in [1.807, 2.05) is 30.3 Å². The molecule has 0 aliphatic heterocycles. The number of rotatable bonds is 6. The first-order valence-corrected chi connectivity index (χ1v) is 8.79. The maximum atomic E-state index is 12.9. The molecule has 3 N–H and O–H groups in total. The Morgan fingerprint density at radius 3 is 2.50 bits per heavy atom. The number of aliphatic hydroxyl groups excluding tert-OH is 1. The molecule has 0 aliphatic carbocycles. The lowest BCUT2D eigenvalue weighted by Gasteiger charge is -2.26. The smallest absolute Gasteiger partial charge is 0.256 e. The van der Waals surface area contributed by atoms with E-state index < -0.39 is 24.0 Å². The molecule has 7 nitrogen and oxygen atoms in total. The van der Waals surface area contributed by atoms with Crippen LogP contribution >= 0.6 is 0 Å². The van der Waals surface area contributed by atoms with Crippen molar-refractivity contribution < 1.29 is 23.8 Å². The summed E-state index contributed by atoms with van der Waals surface area (Å²) in [6.07, 6.45) is 0. The fraction of sp³-hybridized carbons (Fsp3) is 0.238. The van der Waals surface area contributed by atoms with Crippen LogP contribution in [-0.2, 0) is 4.79 Å². The summed E-state index contributed by atoms with van der Waals surface area (Å²) < 4.78 is 11.5. The van der Waals surface area contributed by atoms with Gasteiger partial charge in [0, 0.05) is 12.4 Å². The highest BCUT2D eigenvalue weighted by atomic mass is 16.5. The summed E-state index contributed by atoms with van der Waals surface area (Å²) in [5.74, 6) is 0.599. The molecule has 0 spiro atoms. The van der Waals surface area contributed by atoms with Crippen LogP contribution in [0.1, 0.15) is 23.0 Å². The minimum atomic E-state index is -1.46. The number of aliphatic hydroxyl groups is 1. The highest BCUT2D eigenvalue weighted by Crippen LogP contribution is 2.31. The number of furan rings is 1. The zero-order valence-corrected chi connectivity index (χ0v) is 15.9. The fourth-order valence-corrected chi connectivity index (χ4v) is 2.93. The maximum Gasteiger partial charge on any atom is 0.256 e. The summed E-state index contributed by atoms with van der Waals surface area (Å²) in [5, 5.41) is 15.2. The Morgan fingerprint density at radius 2 is 1.86 bits per heavy atom. The molecule has 1 heterocycles. The summed E-state index contributed by atoms with van der Waals surface area (Å²) in [5.41, 5.74) is -0.647. The van der Waals surface area contributed by atoms with Gasteiger partial charge in [0.25, 0.3) is 5.91 Å². The summed E-state index contributed by atoms with van der Waals surface area (Å²) in [7, 11) is 1.44. The van der Waals surface area contributed by atoms with E-state index >= 15 is 0 Å².